The van der Waals surface area contributed by atoms with Crippen LogP contribution in [0.5, 0.6) is 0 Å². The molecule has 1 atom stereocenters. The van der Waals surface area contributed by atoms with E-state index in [0.717, 1.165) is 11.3 Å². The molecule has 1 aliphatic heterocycles. The molecule has 4 nitrogen and oxygen atoms in total. The van der Waals surface area contributed by atoms with Crippen LogP contribution in [0.25, 0.3) is 0 Å². The van der Waals surface area contributed by atoms with E-state index in [-0.39, 0.29) is 6.10 Å². The van der Waals surface area contributed by atoms with E-state index in [2.05, 4.69) is 16.2 Å². The molecule has 1 aromatic rings. The molecule has 19 heavy (non-hydrogen) atoms. The Morgan fingerprint density at radius 2 is 1.74 bits per heavy atom. The monoisotopic (exact) mass is 266 g/mol. The first-order valence-corrected chi connectivity index (χ1v) is 6.98. The lowest BCUT2D eigenvalue weighted by molar-refractivity contribution is 0.154. The van der Waals surface area contributed by atoms with Crippen LogP contribution in [0.1, 0.15) is 53.3 Å². The number of rotatable bonds is 2. The zero-order valence-electron chi connectivity index (χ0n) is 13.2. The summed E-state index contributed by atoms with van der Waals surface area (Å²) in [5.41, 5.74) is 1.16. The molecule has 1 aromatic heterocycles. The number of nitrogens with zero attached hydrogens (tertiary/aromatic N) is 2. The fourth-order valence-corrected chi connectivity index (χ4v) is 1.54. The van der Waals surface area contributed by atoms with Gasteiger partial charge in [0.2, 0.25) is 5.89 Å². The van der Waals surface area contributed by atoms with Crippen molar-refractivity contribution in [2.24, 2.45) is 0 Å². The summed E-state index contributed by atoms with van der Waals surface area (Å²) in [6.45, 7) is 13.8. The number of hydrogen-bond donors (Lipinski definition) is 0. The highest BCUT2D eigenvalue weighted by atomic mass is 16.5. The van der Waals surface area contributed by atoms with E-state index in [0.29, 0.717) is 18.1 Å². The Hall–Kier alpha value is -1.58. The molecule has 4 heteroatoms. The van der Waals surface area contributed by atoms with Crippen molar-refractivity contribution in [1.82, 2.24) is 10.1 Å². The van der Waals surface area contributed by atoms with Crippen molar-refractivity contribution in [3.05, 3.63) is 35.2 Å². The van der Waals surface area contributed by atoms with E-state index in [1.165, 1.54) is 0 Å². The summed E-state index contributed by atoms with van der Waals surface area (Å²) < 4.78 is 10.6. The van der Waals surface area contributed by atoms with E-state index < -0.39 is 0 Å². The Morgan fingerprint density at radius 3 is 2.21 bits per heavy atom. The van der Waals surface area contributed by atoms with Crippen molar-refractivity contribution in [3.63, 3.8) is 0 Å². The molecule has 0 fully saturated rings. The quantitative estimate of drug-likeness (QED) is 0.804. The molecular weight excluding hydrogens is 240 g/mol. The molecule has 0 bridgehead atoms. The van der Waals surface area contributed by atoms with Gasteiger partial charge in [-0.1, -0.05) is 38.9 Å². The average molecular weight is 266 g/mol. The van der Waals surface area contributed by atoms with Gasteiger partial charge in [-0.25, -0.2) is 0 Å². The van der Waals surface area contributed by atoms with Gasteiger partial charge < -0.3 is 9.26 Å². The summed E-state index contributed by atoms with van der Waals surface area (Å²) in [6, 6.07) is 0. The molecule has 108 valence electrons. The highest BCUT2D eigenvalue weighted by Gasteiger charge is 2.16. The predicted molar refractivity (Wildman–Crippen MR) is 77.8 cm³/mol. The first-order valence-electron chi connectivity index (χ1n) is 6.98. The van der Waals surface area contributed by atoms with Gasteiger partial charge in [0.1, 0.15) is 6.10 Å². The van der Waals surface area contributed by atoms with E-state index in [9.17, 15) is 0 Å². The molecule has 1 aliphatic rings. The third-order valence-corrected chi connectivity index (χ3v) is 2.34. The molecule has 0 saturated heterocycles. The van der Waals surface area contributed by atoms with Gasteiger partial charge in [0.15, 0.2) is 5.82 Å². The minimum atomic E-state index is 0.0854. The second-order valence-corrected chi connectivity index (χ2v) is 3.69. The van der Waals surface area contributed by atoms with Crippen molar-refractivity contribution in [2.75, 3.05) is 0 Å². The number of ether oxygens (including phenoxy) is 1. The summed E-state index contributed by atoms with van der Waals surface area (Å²) in [5.74, 6) is 2.25. The normalized spacial score (nSPS) is 16.9. The van der Waals surface area contributed by atoms with Crippen LogP contribution in [-0.2, 0) is 11.2 Å². The van der Waals surface area contributed by atoms with Crippen LogP contribution in [-0.4, -0.2) is 16.2 Å². The van der Waals surface area contributed by atoms with Gasteiger partial charge in [-0.2, -0.15) is 4.98 Å². The second-order valence-electron chi connectivity index (χ2n) is 3.69. The first-order chi connectivity index (χ1) is 9.15. The van der Waals surface area contributed by atoms with Crippen molar-refractivity contribution < 1.29 is 9.26 Å². The van der Waals surface area contributed by atoms with Gasteiger partial charge >= 0.3 is 0 Å². The molecule has 2 rings (SSSR count). The zero-order valence-corrected chi connectivity index (χ0v) is 13.2. The lowest BCUT2D eigenvalue weighted by Crippen LogP contribution is -2.15. The van der Waals surface area contributed by atoms with Gasteiger partial charge in [0.05, 0.1) is 12.2 Å². The minimum absolute atomic E-state index is 0.0854. The van der Waals surface area contributed by atoms with Crippen LogP contribution >= 0.6 is 0 Å². The lowest BCUT2D eigenvalue weighted by Gasteiger charge is -2.20. The van der Waals surface area contributed by atoms with Gasteiger partial charge in [-0.3, -0.25) is 0 Å². The second kappa shape index (κ2) is 9.36. The van der Waals surface area contributed by atoms with Gasteiger partial charge in [0, 0.05) is 0 Å². The van der Waals surface area contributed by atoms with Gasteiger partial charge in [0.25, 0.3) is 0 Å². The summed E-state index contributed by atoms with van der Waals surface area (Å²) in [7, 11) is 0. The first kappa shape index (κ1) is 17.4. The summed E-state index contributed by atoms with van der Waals surface area (Å²) in [4.78, 5) is 4.16. The number of aromatic nitrogens is 2. The van der Waals surface area contributed by atoms with E-state index in [1.807, 2.05) is 54.5 Å². The van der Waals surface area contributed by atoms with Gasteiger partial charge in [-0.15, -0.1) is 0 Å². The Bertz CT molecular complexity index is 420. The topological polar surface area (TPSA) is 48.2 Å². The van der Waals surface area contributed by atoms with Crippen LogP contribution in [0.4, 0.5) is 0 Å². The van der Waals surface area contributed by atoms with E-state index in [1.54, 1.807) is 0 Å². The molecule has 1 unspecified atom stereocenters. The molecule has 0 aromatic carbocycles. The van der Waals surface area contributed by atoms with Crippen molar-refractivity contribution in [3.8, 4) is 0 Å². The van der Waals surface area contributed by atoms with Crippen LogP contribution in [0.3, 0.4) is 0 Å². The maximum Gasteiger partial charge on any atom is 0.230 e. The summed E-state index contributed by atoms with van der Waals surface area (Å²) >= 11 is 0. The molecular formula is C15H26N2O2. The predicted octanol–water partition coefficient (Wildman–Crippen LogP) is 4.22. The molecule has 0 saturated carbocycles. The Kier molecular flexibility index (Phi) is 8.58. The Morgan fingerprint density at radius 1 is 1.11 bits per heavy atom. The zero-order chi connectivity index (χ0) is 14.8. The van der Waals surface area contributed by atoms with Crippen LogP contribution < -0.4 is 0 Å². The fraction of sp³-hybridized carbons (Fsp3) is 0.600. The number of allylic oxidation sites excluding steroid dienone is 3. The SMILES string of the molecule is CC.CC.CC1=CC=C(Cc2nc(C)no2)C(C)O1. The maximum absolute atomic E-state index is 5.58. The third-order valence-electron chi connectivity index (χ3n) is 2.34. The number of hydrogen-bond acceptors (Lipinski definition) is 4. The molecule has 0 N–H and O–H groups in total. The minimum Gasteiger partial charge on any atom is -0.491 e. The van der Waals surface area contributed by atoms with Crippen LogP contribution in [0.15, 0.2) is 28.0 Å². The molecule has 2 heterocycles. The smallest absolute Gasteiger partial charge is 0.230 e. The number of aryl methyl sites for hydroxylation is 1. The molecule has 0 aliphatic carbocycles. The molecule has 0 spiro atoms. The largest absolute Gasteiger partial charge is 0.491 e. The summed E-state index contributed by atoms with van der Waals surface area (Å²) in [6.07, 6.45) is 4.76. The highest BCUT2D eigenvalue weighted by Crippen LogP contribution is 2.20. The molecule has 0 amide bonds. The Labute approximate surface area is 116 Å². The van der Waals surface area contributed by atoms with Crippen molar-refractivity contribution in [1.29, 1.82) is 0 Å². The maximum atomic E-state index is 5.58. The lowest BCUT2D eigenvalue weighted by atomic mass is 10.1. The standard InChI is InChI=1S/C11H14N2O2.2C2H6/c1-7-4-5-10(8(2)14-7)6-11-12-9(3)13-15-11;2*1-2/h4-5,8H,6H2,1-3H3;2*1-2H3. The highest BCUT2D eigenvalue weighted by molar-refractivity contribution is 5.24. The average Bonchev–Trinajstić information content (AvgIpc) is 2.83. The van der Waals surface area contributed by atoms with Crippen LogP contribution in [0, 0.1) is 6.92 Å². The fourth-order valence-electron chi connectivity index (χ4n) is 1.54. The third kappa shape index (κ3) is 5.73. The van der Waals surface area contributed by atoms with Gasteiger partial charge in [-0.05, 0) is 32.4 Å². The van der Waals surface area contributed by atoms with Crippen molar-refractivity contribution in [2.45, 2.75) is 61.0 Å². The Balaban J connectivity index is 0.000000741. The van der Waals surface area contributed by atoms with Crippen LogP contribution in [0.2, 0.25) is 0 Å². The van der Waals surface area contributed by atoms with Crippen molar-refractivity contribution >= 4 is 0 Å². The van der Waals surface area contributed by atoms with E-state index in [4.69, 9.17) is 9.26 Å². The summed E-state index contributed by atoms with van der Waals surface area (Å²) in [5, 5.41) is 3.75. The molecule has 0 radical (unpaired) electrons. The van der Waals surface area contributed by atoms with E-state index >= 15 is 0 Å².